The zero-order valence-electron chi connectivity index (χ0n) is 12.7. The standard InChI is InChI=1S/C17H25NO3/c1-18(15-10-6-3-7-11-15)21-17(20)16(19)13-12-14-8-4-2-5-9-14/h3,6-7,10-11,14,16,19H,2,4-5,8-9,12-13H2,1H3/t16-/m0/s1. The van der Waals surface area contributed by atoms with E-state index in [1.807, 2.05) is 30.3 Å². The molecule has 1 aliphatic carbocycles. The second-order valence-corrected chi connectivity index (χ2v) is 5.84. The van der Waals surface area contributed by atoms with Crippen LogP contribution in [0.2, 0.25) is 0 Å². The Bertz CT molecular complexity index is 429. The average molecular weight is 291 g/mol. The van der Waals surface area contributed by atoms with Gasteiger partial charge in [0.15, 0.2) is 6.10 Å². The van der Waals surface area contributed by atoms with Crippen molar-refractivity contribution in [2.75, 3.05) is 12.1 Å². The molecule has 116 valence electrons. The minimum atomic E-state index is -1.03. The quantitative estimate of drug-likeness (QED) is 0.817. The minimum Gasteiger partial charge on any atom is -0.381 e. The minimum absolute atomic E-state index is 0.492. The number of hydrogen-bond acceptors (Lipinski definition) is 4. The van der Waals surface area contributed by atoms with Crippen LogP contribution in [0, 0.1) is 5.92 Å². The molecular formula is C17H25NO3. The van der Waals surface area contributed by atoms with Crippen LogP contribution in [0.4, 0.5) is 5.69 Å². The summed E-state index contributed by atoms with van der Waals surface area (Å²) >= 11 is 0. The molecule has 1 saturated carbocycles. The van der Waals surface area contributed by atoms with E-state index < -0.39 is 12.1 Å². The van der Waals surface area contributed by atoms with E-state index in [1.165, 1.54) is 37.2 Å². The fourth-order valence-corrected chi connectivity index (χ4v) is 2.87. The van der Waals surface area contributed by atoms with Crippen LogP contribution in [0.1, 0.15) is 44.9 Å². The fraction of sp³-hybridized carbons (Fsp3) is 0.588. The van der Waals surface area contributed by atoms with Gasteiger partial charge in [0.1, 0.15) is 0 Å². The molecule has 1 aromatic rings. The number of hydrogen-bond donors (Lipinski definition) is 1. The molecule has 1 atom stereocenters. The maximum atomic E-state index is 11.9. The Balaban J connectivity index is 1.74. The Labute approximate surface area is 126 Å². The van der Waals surface area contributed by atoms with Crippen LogP contribution < -0.4 is 5.06 Å². The maximum Gasteiger partial charge on any atom is 0.360 e. The summed E-state index contributed by atoms with van der Waals surface area (Å²) in [6.45, 7) is 0. The number of aliphatic hydroxyl groups excluding tert-OH is 1. The molecule has 1 N–H and O–H groups in total. The highest BCUT2D eigenvalue weighted by Crippen LogP contribution is 2.27. The predicted octanol–water partition coefficient (Wildman–Crippen LogP) is 3.30. The lowest BCUT2D eigenvalue weighted by molar-refractivity contribution is -0.155. The van der Waals surface area contributed by atoms with Crippen molar-refractivity contribution in [1.82, 2.24) is 0 Å². The number of para-hydroxylation sites is 1. The normalized spacial score (nSPS) is 17.2. The number of carbonyl (C=O) groups is 1. The van der Waals surface area contributed by atoms with Gasteiger partial charge in [-0.2, -0.15) is 0 Å². The van der Waals surface area contributed by atoms with Gasteiger partial charge in [-0.25, -0.2) is 9.86 Å². The molecule has 0 radical (unpaired) electrons. The maximum absolute atomic E-state index is 11.9. The third kappa shape index (κ3) is 5.05. The topological polar surface area (TPSA) is 49.8 Å². The van der Waals surface area contributed by atoms with Crippen molar-refractivity contribution in [3.8, 4) is 0 Å². The first-order valence-corrected chi connectivity index (χ1v) is 7.85. The van der Waals surface area contributed by atoms with Crippen molar-refractivity contribution in [3.05, 3.63) is 30.3 Å². The highest BCUT2D eigenvalue weighted by molar-refractivity contribution is 5.75. The monoisotopic (exact) mass is 291 g/mol. The Hall–Kier alpha value is -1.55. The number of carbonyl (C=O) groups excluding carboxylic acids is 1. The lowest BCUT2D eigenvalue weighted by Gasteiger charge is -2.23. The zero-order chi connectivity index (χ0) is 15.1. The van der Waals surface area contributed by atoms with E-state index in [1.54, 1.807) is 7.05 Å². The van der Waals surface area contributed by atoms with Crippen molar-refractivity contribution < 1.29 is 14.7 Å². The molecule has 0 saturated heterocycles. The average Bonchev–Trinajstić information content (AvgIpc) is 2.54. The molecular weight excluding hydrogens is 266 g/mol. The van der Waals surface area contributed by atoms with Gasteiger partial charge >= 0.3 is 5.97 Å². The Morgan fingerprint density at radius 1 is 1.29 bits per heavy atom. The second-order valence-electron chi connectivity index (χ2n) is 5.84. The van der Waals surface area contributed by atoms with E-state index in [2.05, 4.69) is 0 Å². The molecule has 0 heterocycles. The molecule has 0 spiro atoms. The number of nitrogens with zero attached hydrogens (tertiary/aromatic N) is 1. The molecule has 21 heavy (non-hydrogen) atoms. The molecule has 2 rings (SSSR count). The van der Waals surface area contributed by atoms with Crippen LogP contribution >= 0.6 is 0 Å². The molecule has 1 aliphatic rings. The SMILES string of the molecule is CN(OC(=O)[C@@H](O)CCC1CCCCC1)c1ccccc1. The molecule has 0 amide bonds. The van der Waals surface area contributed by atoms with E-state index in [0.717, 1.165) is 12.1 Å². The van der Waals surface area contributed by atoms with Crippen molar-refractivity contribution >= 4 is 11.7 Å². The molecule has 4 heteroatoms. The highest BCUT2D eigenvalue weighted by atomic mass is 16.7. The highest BCUT2D eigenvalue weighted by Gasteiger charge is 2.22. The second kappa shape index (κ2) is 8.03. The van der Waals surface area contributed by atoms with Gasteiger partial charge in [0.05, 0.1) is 5.69 Å². The lowest BCUT2D eigenvalue weighted by Crippen LogP contribution is -2.31. The van der Waals surface area contributed by atoms with Crippen molar-refractivity contribution in [3.63, 3.8) is 0 Å². The number of anilines is 1. The zero-order valence-corrected chi connectivity index (χ0v) is 12.7. The van der Waals surface area contributed by atoms with Crippen molar-refractivity contribution in [2.45, 2.75) is 51.0 Å². The van der Waals surface area contributed by atoms with E-state index in [-0.39, 0.29) is 0 Å². The summed E-state index contributed by atoms with van der Waals surface area (Å²) in [4.78, 5) is 17.1. The van der Waals surface area contributed by atoms with Crippen molar-refractivity contribution in [2.24, 2.45) is 5.92 Å². The Morgan fingerprint density at radius 2 is 1.95 bits per heavy atom. The van der Waals surface area contributed by atoms with Crippen LogP contribution in [-0.4, -0.2) is 24.2 Å². The summed E-state index contributed by atoms with van der Waals surface area (Å²) in [5.41, 5.74) is 0.783. The molecule has 1 fully saturated rings. The summed E-state index contributed by atoms with van der Waals surface area (Å²) in [7, 11) is 1.67. The Kier molecular flexibility index (Phi) is 6.05. The van der Waals surface area contributed by atoms with Gasteiger partial charge in [-0.15, -0.1) is 0 Å². The molecule has 1 aromatic carbocycles. The van der Waals surface area contributed by atoms with Gasteiger partial charge in [0.2, 0.25) is 0 Å². The molecule has 0 aliphatic heterocycles. The molecule has 0 aromatic heterocycles. The molecule has 0 bridgehead atoms. The van der Waals surface area contributed by atoms with E-state index >= 15 is 0 Å². The number of aliphatic hydroxyl groups is 1. The van der Waals surface area contributed by atoms with Crippen LogP contribution in [0.3, 0.4) is 0 Å². The lowest BCUT2D eigenvalue weighted by atomic mass is 9.85. The molecule has 0 unspecified atom stereocenters. The van der Waals surface area contributed by atoms with Gasteiger partial charge in [-0.05, 0) is 30.9 Å². The van der Waals surface area contributed by atoms with E-state index in [0.29, 0.717) is 12.3 Å². The summed E-state index contributed by atoms with van der Waals surface area (Å²) in [5, 5.41) is 11.3. The van der Waals surface area contributed by atoms with Gasteiger partial charge in [-0.1, -0.05) is 50.3 Å². The number of hydroxylamine groups is 1. The summed E-state index contributed by atoms with van der Waals surface area (Å²) < 4.78 is 0. The predicted molar refractivity (Wildman–Crippen MR) is 82.8 cm³/mol. The van der Waals surface area contributed by atoms with Crippen LogP contribution in [-0.2, 0) is 9.63 Å². The smallest absolute Gasteiger partial charge is 0.360 e. The van der Waals surface area contributed by atoms with Crippen LogP contribution in [0.5, 0.6) is 0 Å². The summed E-state index contributed by atoms with van der Waals surface area (Å²) in [5.74, 6) is 0.0882. The largest absolute Gasteiger partial charge is 0.381 e. The Morgan fingerprint density at radius 3 is 2.62 bits per heavy atom. The fourth-order valence-electron chi connectivity index (χ4n) is 2.87. The summed E-state index contributed by atoms with van der Waals surface area (Å²) in [6.07, 6.45) is 6.71. The van der Waals surface area contributed by atoms with Gasteiger partial charge < -0.3 is 9.94 Å². The van der Waals surface area contributed by atoms with E-state index in [9.17, 15) is 9.90 Å². The first kappa shape index (κ1) is 15.8. The number of benzene rings is 1. The number of rotatable bonds is 6. The van der Waals surface area contributed by atoms with Gasteiger partial charge in [-0.3, -0.25) is 0 Å². The van der Waals surface area contributed by atoms with E-state index in [4.69, 9.17) is 4.84 Å². The van der Waals surface area contributed by atoms with Gasteiger partial charge in [0, 0.05) is 7.05 Å². The third-order valence-corrected chi connectivity index (χ3v) is 4.19. The molecule has 4 nitrogen and oxygen atoms in total. The van der Waals surface area contributed by atoms with Crippen molar-refractivity contribution in [1.29, 1.82) is 0 Å². The first-order chi connectivity index (χ1) is 10.2. The summed E-state index contributed by atoms with van der Waals surface area (Å²) in [6, 6.07) is 9.35. The first-order valence-electron chi connectivity index (χ1n) is 7.85. The third-order valence-electron chi connectivity index (χ3n) is 4.19. The van der Waals surface area contributed by atoms with Crippen LogP contribution in [0.25, 0.3) is 0 Å². The van der Waals surface area contributed by atoms with Gasteiger partial charge in [0.25, 0.3) is 0 Å². The van der Waals surface area contributed by atoms with Crippen LogP contribution in [0.15, 0.2) is 30.3 Å².